The van der Waals surface area contributed by atoms with Crippen LogP contribution in [0.3, 0.4) is 0 Å². The van der Waals surface area contributed by atoms with Crippen molar-refractivity contribution in [2.75, 3.05) is 53.7 Å². The first-order chi connectivity index (χ1) is 21.5. The molecular weight excluding hydrogens is 574 g/mol. The van der Waals surface area contributed by atoms with E-state index in [9.17, 15) is 4.79 Å². The SMILES string of the molecule is COc1ccc(CC(Cc2ccc(OC)cc2)(C(=O)c2ccc(Sc3ccc(OCCO)cc3)cc2)N2CCOCC2)cc1. The number of carbonyl (C=O) groups is 1. The van der Waals surface area contributed by atoms with Crippen molar-refractivity contribution in [3.63, 3.8) is 0 Å². The number of hydrogen-bond donors (Lipinski definition) is 1. The molecule has 1 heterocycles. The van der Waals surface area contributed by atoms with E-state index in [-0.39, 0.29) is 19.0 Å². The highest BCUT2D eigenvalue weighted by molar-refractivity contribution is 7.99. The molecule has 1 aliphatic heterocycles. The Morgan fingerprint density at radius 2 is 1.23 bits per heavy atom. The molecule has 4 aromatic rings. The Kier molecular flexibility index (Phi) is 11.0. The highest BCUT2D eigenvalue weighted by Gasteiger charge is 2.45. The van der Waals surface area contributed by atoms with E-state index in [4.69, 9.17) is 24.1 Å². The molecule has 0 spiro atoms. The number of Topliss-reactive ketones (excluding diaryl/α,β-unsaturated/α-hetero) is 1. The molecule has 230 valence electrons. The van der Waals surface area contributed by atoms with Crippen molar-refractivity contribution in [2.45, 2.75) is 28.2 Å². The molecule has 7 nitrogen and oxygen atoms in total. The molecule has 5 rings (SSSR count). The minimum Gasteiger partial charge on any atom is -0.497 e. The van der Waals surface area contributed by atoms with Crippen molar-refractivity contribution in [3.05, 3.63) is 114 Å². The average Bonchev–Trinajstić information content (AvgIpc) is 3.08. The first kappa shape index (κ1) is 31.6. The van der Waals surface area contributed by atoms with Crippen molar-refractivity contribution in [1.29, 1.82) is 0 Å². The summed E-state index contributed by atoms with van der Waals surface area (Å²) < 4.78 is 22.0. The Morgan fingerprint density at radius 1 is 0.750 bits per heavy atom. The van der Waals surface area contributed by atoms with E-state index >= 15 is 0 Å². The average molecular weight is 614 g/mol. The minimum atomic E-state index is -0.827. The summed E-state index contributed by atoms with van der Waals surface area (Å²) in [6, 6.07) is 31.7. The third kappa shape index (κ3) is 7.81. The van der Waals surface area contributed by atoms with E-state index in [0.29, 0.717) is 44.7 Å². The van der Waals surface area contributed by atoms with Gasteiger partial charge in [0, 0.05) is 28.4 Å². The number of methoxy groups -OCH3 is 2. The fourth-order valence-corrected chi connectivity index (χ4v) is 6.41. The van der Waals surface area contributed by atoms with E-state index < -0.39 is 5.54 Å². The molecule has 0 radical (unpaired) electrons. The summed E-state index contributed by atoms with van der Waals surface area (Å²) in [4.78, 5) is 19.3. The molecule has 0 amide bonds. The Hall–Kier alpha value is -3.82. The lowest BCUT2D eigenvalue weighted by molar-refractivity contribution is -0.0151. The third-order valence-electron chi connectivity index (χ3n) is 7.89. The van der Waals surface area contributed by atoms with Crippen LogP contribution in [0.2, 0.25) is 0 Å². The highest BCUT2D eigenvalue weighted by Crippen LogP contribution is 2.34. The van der Waals surface area contributed by atoms with Crippen molar-refractivity contribution in [2.24, 2.45) is 0 Å². The van der Waals surface area contributed by atoms with Crippen LogP contribution >= 0.6 is 11.8 Å². The normalized spacial score (nSPS) is 13.8. The molecule has 0 aromatic heterocycles. The Balaban J connectivity index is 1.46. The second kappa shape index (κ2) is 15.3. The van der Waals surface area contributed by atoms with Gasteiger partial charge in [0.1, 0.15) is 23.9 Å². The van der Waals surface area contributed by atoms with E-state index in [2.05, 4.69) is 29.2 Å². The van der Waals surface area contributed by atoms with Crippen LogP contribution in [0.4, 0.5) is 0 Å². The molecular formula is C36H39NO6S. The molecule has 0 bridgehead atoms. The predicted octanol–water partition coefficient (Wildman–Crippen LogP) is 5.97. The van der Waals surface area contributed by atoms with Crippen LogP contribution in [0.15, 0.2) is 107 Å². The van der Waals surface area contributed by atoms with Gasteiger partial charge in [-0.15, -0.1) is 0 Å². The number of rotatable bonds is 14. The summed E-state index contributed by atoms with van der Waals surface area (Å²) >= 11 is 1.62. The minimum absolute atomic E-state index is 0.0193. The fraction of sp³-hybridized carbons (Fsp3) is 0.306. The van der Waals surface area contributed by atoms with Crippen molar-refractivity contribution in [1.82, 2.24) is 4.90 Å². The molecule has 1 saturated heterocycles. The molecule has 8 heteroatoms. The zero-order chi connectivity index (χ0) is 30.8. The maximum atomic E-state index is 14.8. The van der Waals surface area contributed by atoms with Gasteiger partial charge in [0.2, 0.25) is 0 Å². The van der Waals surface area contributed by atoms with Gasteiger partial charge in [-0.25, -0.2) is 0 Å². The number of morpholine rings is 1. The van der Waals surface area contributed by atoms with Gasteiger partial charge in [-0.3, -0.25) is 9.69 Å². The smallest absolute Gasteiger partial charge is 0.183 e. The number of ketones is 1. The van der Waals surface area contributed by atoms with Crippen LogP contribution < -0.4 is 14.2 Å². The number of ether oxygens (including phenoxy) is 4. The van der Waals surface area contributed by atoms with Gasteiger partial charge in [0.15, 0.2) is 5.78 Å². The van der Waals surface area contributed by atoms with Crippen LogP contribution in [-0.4, -0.2) is 75.1 Å². The second-order valence-corrected chi connectivity index (χ2v) is 11.8. The van der Waals surface area contributed by atoms with Crippen molar-refractivity contribution < 1.29 is 28.8 Å². The summed E-state index contributed by atoms with van der Waals surface area (Å²) in [5.74, 6) is 2.38. The molecule has 0 aliphatic carbocycles. The maximum absolute atomic E-state index is 14.8. The van der Waals surface area contributed by atoms with Crippen molar-refractivity contribution in [3.8, 4) is 17.2 Å². The molecule has 0 atom stereocenters. The number of hydrogen-bond acceptors (Lipinski definition) is 8. The van der Waals surface area contributed by atoms with Crippen LogP contribution in [0, 0.1) is 0 Å². The second-order valence-electron chi connectivity index (χ2n) is 10.7. The number of carbonyl (C=O) groups excluding carboxylic acids is 1. The van der Waals surface area contributed by atoms with Gasteiger partial charge in [-0.1, -0.05) is 48.2 Å². The number of aliphatic hydroxyl groups excluding tert-OH is 1. The molecule has 44 heavy (non-hydrogen) atoms. The number of aliphatic hydroxyl groups is 1. The monoisotopic (exact) mass is 613 g/mol. The zero-order valence-electron chi connectivity index (χ0n) is 25.2. The Morgan fingerprint density at radius 3 is 1.70 bits per heavy atom. The van der Waals surface area contributed by atoms with E-state index in [1.807, 2.05) is 72.8 Å². The first-order valence-corrected chi connectivity index (χ1v) is 15.6. The molecule has 4 aromatic carbocycles. The lowest BCUT2D eigenvalue weighted by atomic mass is 9.77. The molecule has 0 saturated carbocycles. The van der Waals surface area contributed by atoms with Crippen LogP contribution in [-0.2, 0) is 17.6 Å². The summed E-state index contributed by atoms with van der Waals surface area (Å²) in [6.07, 6.45) is 1.09. The third-order valence-corrected chi connectivity index (χ3v) is 8.90. The number of nitrogens with zero attached hydrogens (tertiary/aromatic N) is 1. The van der Waals surface area contributed by atoms with E-state index in [1.165, 1.54) is 0 Å². The quantitative estimate of drug-likeness (QED) is 0.175. The summed E-state index contributed by atoms with van der Waals surface area (Å²) in [6.45, 7) is 2.76. The fourth-order valence-electron chi connectivity index (χ4n) is 5.59. The van der Waals surface area contributed by atoms with Gasteiger partial charge in [-0.05, 0) is 84.6 Å². The number of benzene rings is 4. The largest absolute Gasteiger partial charge is 0.497 e. The predicted molar refractivity (Wildman–Crippen MR) is 172 cm³/mol. The van der Waals surface area contributed by atoms with Gasteiger partial charge < -0.3 is 24.1 Å². The lowest BCUT2D eigenvalue weighted by Crippen LogP contribution is -2.60. The topological polar surface area (TPSA) is 77.5 Å². The van der Waals surface area contributed by atoms with Gasteiger partial charge in [0.05, 0.1) is 39.6 Å². The molecule has 1 N–H and O–H groups in total. The molecule has 1 aliphatic rings. The van der Waals surface area contributed by atoms with Gasteiger partial charge in [0.25, 0.3) is 0 Å². The standard InChI is InChI=1S/C36H39NO6S/c1-40-30-9-3-27(4-10-30)25-36(37-19-22-42-23-20-37,26-28-5-11-31(41-2)12-6-28)35(39)29-7-15-33(16-8-29)44-34-17-13-32(14-18-34)43-24-21-38/h3-18,38H,19-26H2,1-2H3. The summed E-state index contributed by atoms with van der Waals surface area (Å²) in [5, 5.41) is 8.98. The first-order valence-electron chi connectivity index (χ1n) is 14.8. The van der Waals surface area contributed by atoms with Crippen LogP contribution in [0.1, 0.15) is 21.5 Å². The van der Waals surface area contributed by atoms with Gasteiger partial charge in [-0.2, -0.15) is 0 Å². The molecule has 1 fully saturated rings. The maximum Gasteiger partial charge on any atom is 0.183 e. The highest BCUT2D eigenvalue weighted by atomic mass is 32.2. The van der Waals surface area contributed by atoms with Crippen LogP contribution in [0.25, 0.3) is 0 Å². The summed E-state index contributed by atoms with van der Waals surface area (Å²) in [7, 11) is 3.32. The Labute approximate surface area is 263 Å². The van der Waals surface area contributed by atoms with E-state index in [1.54, 1.807) is 26.0 Å². The van der Waals surface area contributed by atoms with Crippen molar-refractivity contribution >= 4 is 17.5 Å². The van der Waals surface area contributed by atoms with Crippen LogP contribution in [0.5, 0.6) is 17.2 Å². The zero-order valence-corrected chi connectivity index (χ0v) is 26.1. The molecule has 0 unspecified atom stereocenters. The summed E-state index contributed by atoms with van der Waals surface area (Å²) in [5.41, 5.74) is 1.98. The lowest BCUT2D eigenvalue weighted by Gasteiger charge is -2.45. The Bertz CT molecular complexity index is 1420. The van der Waals surface area contributed by atoms with Gasteiger partial charge >= 0.3 is 0 Å². The van der Waals surface area contributed by atoms with E-state index in [0.717, 1.165) is 38.2 Å².